The number of hydrogen-bond acceptors (Lipinski definition) is 8. The number of nitrogens with zero attached hydrogens (tertiary/aromatic N) is 4. The predicted molar refractivity (Wildman–Crippen MR) is 120 cm³/mol. The average Bonchev–Trinajstić information content (AvgIpc) is 3.40. The van der Waals surface area contributed by atoms with Crippen molar-refractivity contribution in [1.29, 1.82) is 0 Å². The van der Waals surface area contributed by atoms with Crippen LogP contribution in [0.5, 0.6) is 5.75 Å². The van der Waals surface area contributed by atoms with Crippen LogP contribution in [0.3, 0.4) is 0 Å². The van der Waals surface area contributed by atoms with Crippen LogP contribution in [0.1, 0.15) is 37.1 Å². The Labute approximate surface area is 190 Å². The molecule has 0 amide bonds. The number of aliphatic hydroxyl groups is 3. The molecular formula is C23H28FN5O4. The molecule has 1 aromatic carbocycles. The van der Waals surface area contributed by atoms with E-state index in [9.17, 15) is 19.7 Å². The van der Waals surface area contributed by atoms with Crippen LogP contribution in [0.15, 0.2) is 36.8 Å². The molecule has 0 saturated carbocycles. The van der Waals surface area contributed by atoms with Gasteiger partial charge in [-0.05, 0) is 19.1 Å². The van der Waals surface area contributed by atoms with Crippen molar-refractivity contribution in [3.63, 3.8) is 0 Å². The Bertz CT molecular complexity index is 1160. The second kappa shape index (κ2) is 8.12. The summed E-state index contributed by atoms with van der Waals surface area (Å²) in [6.45, 7) is 2.06. The van der Waals surface area contributed by atoms with Gasteiger partial charge in [-0.1, -0.05) is 0 Å². The second-order valence-electron chi connectivity index (χ2n) is 9.19. The standard InChI is InChI=1S/C23H28FN5O4/c1-22(13-30)11-15-9-17(27-21(32)16-12-26-29-6-2-5-25-20(16)29)18(10-19(15)33-22)28-7-3-23(24,14-31)4-8-28/h2,5-6,9-10,12,21,27,30-32H,3-4,7-8,11,13-14H2,1H3/t21?,22-/m1/s1. The fourth-order valence-corrected chi connectivity index (χ4v) is 4.59. The van der Waals surface area contributed by atoms with E-state index in [4.69, 9.17) is 4.74 Å². The first-order chi connectivity index (χ1) is 15.8. The molecule has 33 heavy (non-hydrogen) atoms. The maximum Gasteiger partial charge on any atom is 0.162 e. The molecule has 4 N–H and O–H groups in total. The summed E-state index contributed by atoms with van der Waals surface area (Å²) in [7, 11) is 0. The van der Waals surface area contributed by atoms with Gasteiger partial charge in [0.25, 0.3) is 0 Å². The van der Waals surface area contributed by atoms with Gasteiger partial charge in [-0.3, -0.25) is 0 Å². The third-order valence-corrected chi connectivity index (χ3v) is 6.61. The van der Waals surface area contributed by atoms with Crippen molar-refractivity contribution in [1.82, 2.24) is 14.6 Å². The lowest BCUT2D eigenvalue weighted by atomic mass is 9.93. The maximum absolute atomic E-state index is 14.6. The van der Waals surface area contributed by atoms with Crippen molar-refractivity contribution >= 4 is 17.0 Å². The zero-order valence-electron chi connectivity index (χ0n) is 18.4. The van der Waals surface area contributed by atoms with Gasteiger partial charge in [0.2, 0.25) is 0 Å². The van der Waals surface area contributed by atoms with Crippen molar-refractivity contribution in [2.24, 2.45) is 0 Å². The molecule has 3 aromatic rings. The molecule has 9 nitrogen and oxygen atoms in total. The molecule has 10 heteroatoms. The number of anilines is 2. The van der Waals surface area contributed by atoms with Gasteiger partial charge in [-0.2, -0.15) is 5.10 Å². The van der Waals surface area contributed by atoms with E-state index >= 15 is 0 Å². The molecule has 2 aliphatic rings. The van der Waals surface area contributed by atoms with E-state index in [1.807, 2.05) is 24.0 Å². The highest BCUT2D eigenvalue weighted by Gasteiger charge is 2.38. The second-order valence-corrected chi connectivity index (χ2v) is 9.19. The molecule has 0 bridgehead atoms. The van der Waals surface area contributed by atoms with Gasteiger partial charge in [0.15, 0.2) is 11.9 Å². The van der Waals surface area contributed by atoms with E-state index in [-0.39, 0.29) is 19.4 Å². The Balaban J connectivity index is 1.48. The summed E-state index contributed by atoms with van der Waals surface area (Å²) in [4.78, 5) is 6.33. The number of aromatic nitrogens is 3. The number of aliphatic hydroxyl groups excluding tert-OH is 3. The van der Waals surface area contributed by atoms with Gasteiger partial charge in [0, 0.05) is 56.4 Å². The summed E-state index contributed by atoms with van der Waals surface area (Å²) >= 11 is 0. The zero-order valence-corrected chi connectivity index (χ0v) is 18.4. The smallest absolute Gasteiger partial charge is 0.162 e. The molecule has 5 rings (SSSR count). The van der Waals surface area contributed by atoms with E-state index in [0.29, 0.717) is 42.2 Å². The van der Waals surface area contributed by atoms with Crippen molar-refractivity contribution in [2.75, 3.05) is 36.5 Å². The van der Waals surface area contributed by atoms with E-state index in [1.54, 1.807) is 29.2 Å². The molecule has 2 aliphatic heterocycles. The minimum Gasteiger partial charge on any atom is -0.484 e. The summed E-state index contributed by atoms with van der Waals surface area (Å²) in [6, 6.07) is 5.55. The molecule has 1 unspecified atom stereocenters. The van der Waals surface area contributed by atoms with Crippen LogP contribution < -0.4 is 15.0 Å². The number of halogens is 1. The number of piperidine rings is 1. The summed E-state index contributed by atoms with van der Waals surface area (Å²) in [5, 5.41) is 37.6. The minimum atomic E-state index is -1.57. The molecule has 4 heterocycles. The Kier molecular flexibility index (Phi) is 5.38. The highest BCUT2D eigenvalue weighted by atomic mass is 19.1. The van der Waals surface area contributed by atoms with Crippen LogP contribution >= 0.6 is 0 Å². The lowest BCUT2D eigenvalue weighted by Crippen LogP contribution is -2.44. The Hall–Kier alpha value is -2.95. The third-order valence-electron chi connectivity index (χ3n) is 6.61. The van der Waals surface area contributed by atoms with Crippen molar-refractivity contribution < 1.29 is 24.4 Å². The van der Waals surface area contributed by atoms with Gasteiger partial charge < -0.3 is 30.3 Å². The van der Waals surface area contributed by atoms with Crippen LogP contribution in [0.2, 0.25) is 0 Å². The van der Waals surface area contributed by atoms with E-state index < -0.39 is 24.1 Å². The van der Waals surface area contributed by atoms with Gasteiger partial charge in [-0.15, -0.1) is 0 Å². The SMILES string of the molecule is C[C@]1(CO)Cc2cc(NC(O)c3cnn4cccnc34)c(N3CCC(F)(CO)CC3)cc2O1. The lowest BCUT2D eigenvalue weighted by molar-refractivity contribution is 0.0445. The van der Waals surface area contributed by atoms with Gasteiger partial charge in [0.1, 0.15) is 17.0 Å². The van der Waals surface area contributed by atoms with Crippen LogP contribution in [0.4, 0.5) is 15.8 Å². The number of fused-ring (bicyclic) bond motifs is 2. The quantitative estimate of drug-likeness (QED) is 0.415. The number of ether oxygens (including phenoxy) is 1. The first-order valence-corrected chi connectivity index (χ1v) is 11.1. The van der Waals surface area contributed by atoms with Gasteiger partial charge in [0.05, 0.1) is 36.3 Å². The summed E-state index contributed by atoms with van der Waals surface area (Å²) in [5.74, 6) is 0.665. The molecule has 2 aromatic heterocycles. The monoisotopic (exact) mass is 457 g/mol. The number of alkyl halides is 1. The van der Waals surface area contributed by atoms with Crippen molar-refractivity contribution in [2.45, 2.75) is 43.7 Å². The maximum atomic E-state index is 14.6. The number of hydrogen-bond donors (Lipinski definition) is 4. The average molecular weight is 458 g/mol. The third kappa shape index (κ3) is 3.98. The van der Waals surface area contributed by atoms with Crippen LogP contribution in [-0.4, -0.2) is 67.5 Å². The Morgan fingerprint density at radius 3 is 2.76 bits per heavy atom. The van der Waals surface area contributed by atoms with E-state index in [0.717, 1.165) is 11.3 Å². The van der Waals surface area contributed by atoms with Gasteiger partial charge in [-0.25, -0.2) is 13.9 Å². The molecule has 2 atom stereocenters. The molecule has 1 fully saturated rings. The topological polar surface area (TPSA) is 115 Å². The number of nitrogens with one attached hydrogen (secondary N) is 1. The number of benzene rings is 1. The van der Waals surface area contributed by atoms with Crippen LogP contribution in [-0.2, 0) is 6.42 Å². The van der Waals surface area contributed by atoms with E-state index in [2.05, 4.69) is 15.4 Å². The largest absolute Gasteiger partial charge is 0.484 e. The van der Waals surface area contributed by atoms with Gasteiger partial charge >= 0.3 is 0 Å². The van der Waals surface area contributed by atoms with Crippen LogP contribution in [0.25, 0.3) is 5.65 Å². The zero-order chi connectivity index (χ0) is 23.2. The molecule has 1 saturated heterocycles. The lowest BCUT2D eigenvalue weighted by Gasteiger charge is -2.37. The summed E-state index contributed by atoms with van der Waals surface area (Å²) in [5.41, 5.74) is 1.12. The molecule has 0 aliphatic carbocycles. The first-order valence-electron chi connectivity index (χ1n) is 11.1. The normalized spacial score (nSPS) is 22.8. The highest BCUT2D eigenvalue weighted by Crippen LogP contribution is 2.43. The van der Waals surface area contributed by atoms with E-state index in [1.165, 1.54) is 0 Å². The number of rotatable bonds is 6. The summed E-state index contributed by atoms with van der Waals surface area (Å²) in [6.07, 6.45) is 4.82. The molecule has 0 spiro atoms. The predicted octanol–water partition coefficient (Wildman–Crippen LogP) is 1.82. The molecular weight excluding hydrogens is 429 g/mol. The molecule has 176 valence electrons. The summed E-state index contributed by atoms with van der Waals surface area (Å²) < 4.78 is 22.2. The van der Waals surface area contributed by atoms with Crippen molar-refractivity contribution in [3.8, 4) is 5.75 Å². The fourth-order valence-electron chi connectivity index (χ4n) is 4.59. The Morgan fingerprint density at radius 2 is 2.03 bits per heavy atom. The molecule has 0 radical (unpaired) electrons. The van der Waals surface area contributed by atoms with Crippen LogP contribution in [0, 0.1) is 0 Å². The highest BCUT2D eigenvalue weighted by molar-refractivity contribution is 5.75. The first kappa shape index (κ1) is 21.9. The van der Waals surface area contributed by atoms with Crippen molar-refractivity contribution in [3.05, 3.63) is 47.9 Å². The fraction of sp³-hybridized carbons (Fsp3) is 0.478. The minimum absolute atomic E-state index is 0.124. The Morgan fingerprint density at radius 1 is 1.24 bits per heavy atom.